The molecule has 0 bridgehead atoms. The van der Waals surface area contributed by atoms with Gasteiger partial charge in [-0.2, -0.15) is 0 Å². The zero-order chi connectivity index (χ0) is 13.3. The SMILES string of the molecule is Cc1nc2ccc(C(C(O)CN)N(C)C)cc2o1. The maximum atomic E-state index is 10.0. The molecule has 5 heteroatoms. The third kappa shape index (κ3) is 2.38. The fourth-order valence-corrected chi connectivity index (χ4v) is 2.23. The van der Waals surface area contributed by atoms with E-state index in [1.54, 1.807) is 0 Å². The van der Waals surface area contributed by atoms with Crippen LogP contribution in [0.3, 0.4) is 0 Å². The molecule has 0 saturated carbocycles. The molecule has 0 aliphatic heterocycles. The van der Waals surface area contributed by atoms with E-state index in [9.17, 15) is 5.11 Å². The highest BCUT2D eigenvalue weighted by Crippen LogP contribution is 2.26. The van der Waals surface area contributed by atoms with Crippen molar-refractivity contribution < 1.29 is 9.52 Å². The number of oxazole rings is 1. The fourth-order valence-electron chi connectivity index (χ4n) is 2.23. The van der Waals surface area contributed by atoms with Gasteiger partial charge in [0.1, 0.15) is 5.52 Å². The Morgan fingerprint density at radius 2 is 2.17 bits per heavy atom. The fraction of sp³-hybridized carbons (Fsp3) is 0.462. The van der Waals surface area contributed by atoms with E-state index < -0.39 is 6.10 Å². The van der Waals surface area contributed by atoms with Gasteiger partial charge < -0.3 is 20.2 Å². The minimum Gasteiger partial charge on any atom is -0.441 e. The first kappa shape index (κ1) is 13.0. The van der Waals surface area contributed by atoms with Crippen molar-refractivity contribution in [2.24, 2.45) is 5.73 Å². The van der Waals surface area contributed by atoms with Crippen LogP contribution in [0.1, 0.15) is 17.5 Å². The number of aryl methyl sites for hydroxylation is 1. The number of aromatic nitrogens is 1. The third-order valence-corrected chi connectivity index (χ3v) is 3.02. The first-order valence-electron chi connectivity index (χ1n) is 5.94. The second kappa shape index (κ2) is 5.06. The summed E-state index contributed by atoms with van der Waals surface area (Å²) in [6.45, 7) is 2.04. The molecule has 0 aliphatic carbocycles. The predicted molar refractivity (Wildman–Crippen MR) is 70.2 cm³/mol. The Bertz CT molecular complexity index is 536. The van der Waals surface area contributed by atoms with Gasteiger partial charge in [0.15, 0.2) is 11.5 Å². The Morgan fingerprint density at radius 3 is 2.78 bits per heavy atom. The average molecular weight is 249 g/mol. The van der Waals surface area contributed by atoms with Crippen LogP contribution in [0.2, 0.25) is 0 Å². The monoisotopic (exact) mass is 249 g/mol. The number of fused-ring (bicyclic) bond motifs is 1. The van der Waals surface area contributed by atoms with Gasteiger partial charge >= 0.3 is 0 Å². The molecule has 18 heavy (non-hydrogen) atoms. The minimum absolute atomic E-state index is 0.148. The summed E-state index contributed by atoms with van der Waals surface area (Å²) in [4.78, 5) is 6.20. The van der Waals surface area contributed by atoms with E-state index in [0.717, 1.165) is 16.7 Å². The van der Waals surface area contributed by atoms with E-state index in [4.69, 9.17) is 10.2 Å². The van der Waals surface area contributed by atoms with Crippen molar-refractivity contribution in [2.75, 3.05) is 20.6 Å². The van der Waals surface area contributed by atoms with Crippen molar-refractivity contribution in [1.29, 1.82) is 0 Å². The normalized spacial score (nSPS) is 15.2. The molecule has 2 aromatic rings. The summed E-state index contributed by atoms with van der Waals surface area (Å²) in [6, 6.07) is 5.62. The summed E-state index contributed by atoms with van der Waals surface area (Å²) in [6.07, 6.45) is -0.610. The Hall–Kier alpha value is -1.43. The lowest BCUT2D eigenvalue weighted by molar-refractivity contribution is 0.0824. The maximum Gasteiger partial charge on any atom is 0.192 e. The molecule has 0 spiro atoms. The lowest BCUT2D eigenvalue weighted by Gasteiger charge is -2.28. The Balaban J connectivity index is 2.43. The third-order valence-electron chi connectivity index (χ3n) is 3.02. The van der Waals surface area contributed by atoms with E-state index >= 15 is 0 Å². The van der Waals surface area contributed by atoms with Crippen LogP contribution in [0, 0.1) is 6.92 Å². The van der Waals surface area contributed by atoms with Gasteiger partial charge in [-0.1, -0.05) is 6.07 Å². The van der Waals surface area contributed by atoms with Crippen LogP contribution in [0.4, 0.5) is 0 Å². The summed E-state index contributed by atoms with van der Waals surface area (Å²) >= 11 is 0. The molecular formula is C13H19N3O2. The van der Waals surface area contributed by atoms with Crippen molar-refractivity contribution in [3.63, 3.8) is 0 Å². The smallest absolute Gasteiger partial charge is 0.192 e. The Morgan fingerprint density at radius 1 is 1.44 bits per heavy atom. The lowest BCUT2D eigenvalue weighted by Crippen LogP contribution is -2.36. The Kier molecular flexibility index (Phi) is 3.65. The van der Waals surface area contributed by atoms with E-state index in [1.165, 1.54) is 0 Å². The van der Waals surface area contributed by atoms with Crippen molar-refractivity contribution in [1.82, 2.24) is 9.88 Å². The van der Waals surface area contributed by atoms with E-state index in [-0.39, 0.29) is 12.6 Å². The second-order valence-corrected chi connectivity index (χ2v) is 4.67. The molecule has 1 aromatic heterocycles. The lowest BCUT2D eigenvalue weighted by atomic mass is 10.00. The van der Waals surface area contributed by atoms with Gasteiger partial charge in [-0.25, -0.2) is 4.98 Å². The van der Waals surface area contributed by atoms with Gasteiger partial charge in [0.2, 0.25) is 0 Å². The molecule has 1 aromatic carbocycles. The highest BCUT2D eigenvalue weighted by atomic mass is 16.3. The molecule has 2 rings (SSSR count). The number of aliphatic hydroxyl groups excluding tert-OH is 1. The highest BCUT2D eigenvalue weighted by Gasteiger charge is 2.22. The van der Waals surface area contributed by atoms with Gasteiger partial charge in [-0.3, -0.25) is 0 Å². The number of benzene rings is 1. The average Bonchev–Trinajstić information content (AvgIpc) is 2.68. The second-order valence-electron chi connectivity index (χ2n) is 4.67. The summed E-state index contributed by atoms with van der Waals surface area (Å²) < 4.78 is 5.51. The first-order chi connectivity index (χ1) is 8.52. The number of rotatable bonds is 4. The molecule has 0 radical (unpaired) electrons. The van der Waals surface area contributed by atoms with Crippen LogP contribution in [0.15, 0.2) is 22.6 Å². The quantitative estimate of drug-likeness (QED) is 0.847. The van der Waals surface area contributed by atoms with E-state index in [2.05, 4.69) is 4.98 Å². The zero-order valence-corrected chi connectivity index (χ0v) is 10.9. The molecule has 3 N–H and O–H groups in total. The number of aliphatic hydroxyl groups is 1. The van der Waals surface area contributed by atoms with Crippen LogP contribution in [0.5, 0.6) is 0 Å². The Labute approximate surface area is 106 Å². The largest absolute Gasteiger partial charge is 0.441 e. The van der Waals surface area contributed by atoms with Crippen molar-refractivity contribution in [3.8, 4) is 0 Å². The van der Waals surface area contributed by atoms with Crippen LogP contribution >= 0.6 is 0 Å². The molecule has 0 aliphatic rings. The van der Waals surface area contributed by atoms with Gasteiger partial charge in [-0.05, 0) is 31.8 Å². The van der Waals surface area contributed by atoms with E-state index in [1.807, 2.05) is 44.1 Å². The number of nitrogens with zero attached hydrogens (tertiary/aromatic N) is 2. The van der Waals surface area contributed by atoms with Crippen molar-refractivity contribution >= 4 is 11.1 Å². The molecule has 5 nitrogen and oxygen atoms in total. The van der Waals surface area contributed by atoms with Crippen molar-refractivity contribution in [2.45, 2.75) is 19.1 Å². The predicted octanol–water partition coefficient (Wildman–Crippen LogP) is 1.06. The minimum atomic E-state index is -0.610. The van der Waals surface area contributed by atoms with Gasteiger partial charge in [0.25, 0.3) is 0 Å². The molecular weight excluding hydrogens is 230 g/mol. The van der Waals surface area contributed by atoms with Crippen LogP contribution in [-0.4, -0.2) is 41.7 Å². The zero-order valence-electron chi connectivity index (χ0n) is 10.9. The molecule has 98 valence electrons. The molecule has 0 saturated heterocycles. The topological polar surface area (TPSA) is 75.5 Å². The first-order valence-corrected chi connectivity index (χ1v) is 5.94. The summed E-state index contributed by atoms with van der Waals surface area (Å²) in [5.41, 5.74) is 8.09. The standard InChI is InChI=1S/C13H19N3O2/c1-8-15-10-5-4-9(6-12(10)18-8)13(16(2)3)11(17)7-14/h4-6,11,13,17H,7,14H2,1-3H3. The van der Waals surface area contributed by atoms with Gasteiger partial charge in [0, 0.05) is 13.5 Å². The molecule has 2 atom stereocenters. The van der Waals surface area contributed by atoms with Crippen molar-refractivity contribution in [3.05, 3.63) is 29.7 Å². The summed E-state index contributed by atoms with van der Waals surface area (Å²) in [5, 5.41) is 10.0. The van der Waals surface area contributed by atoms with Crippen LogP contribution in [-0.2, 0) is 0 Å². The number of nitrogens with two attached hydrogens (primary N) is 1. The van der Waals surface area contributed by atoms with E-state index in [0.29, 0.717) is 5.89 Å². The number of hydrogen-bond acceptors (Lipinski definition) is 5. The van der Waals surface area contributed by atoms with Gasteiger partial charge in [-0.15, -0.1) is 0 Å². The molecule has 0 fully saturated rings. The number of hydrogen-bond donors (Lipinski definition) is 2. The van der Waals surface area contributed by atoms with Crippen LogP contribution in [0.25, 0.3) is 11.1 Å². The maximum absolute atomic E-state index is 10.0. The summed E-state index contributed by atoms with van der Waals surface area (Å²) in [7, 11) is 3.83. The highest BCUT2D eigenvalue weighted by molar-refractivity contribution is 5.73. The van der Waals surface area contributed by atoms with Crippen LogP contribution < -0.4 is 5.73 Å². The molecule has 2 unspecified atom stereocenters. The van der Waals surface area contributed by atoms with Gasteiger partial charge in [0.05, 0.1) is 12.1 Å². The molecule has 1 heterocycles. The summed E-state index contributed by atoms with van der Waals surface area (Å²) in [5.74, 6) is 0.642. The number of likely N-dealkylation sites (N-methyl/N-ethyl adjacent to an activating group) is 1. The molecule has 0 amide bonds.